The van der Waals surface area contributed by atoms with Gasteiger partial charge in [-0.1, -0.05) is 71.5 Å². The van der Waals surface area contributed by atoms with Crippen LogP contribution < -0.4 is 4.90 Å². The van der Waals surface area contributed by atoms with E-state index in [2.05, 4.69) is 4.98 Å². The number of aliphatic hydroxyl groups excluding tert-OH is 1. The molecule has 0 fully saturated rings. The molecule has 0 saturated carbocycles. The van der Waals surface area contributed by atoms with Gasteiger partial charge in [-0.25, -0.2) is 4.98 Å². The van der Waals surface area contributed by atoms with Gasteiger partial charge in [0.2, 0.25) is 0 Å². The summed E-state index contributed by atoms with van der Waals surface area (Å²) in [6.45, 7) is 3.09. The summed E-state index contributed by atoms with van der Waals surface area (Å²) in [4.78, 5) is 44.4. The van der Waals surface area contributed by atoms with E-state index < -0.39 is 23.5 Å². The second kappa shape index (κ2) is 9.13. The monoisotopic (exact) mass is 478 g/mol. The minimum Gasteiger partial charge on any atom is -0.503 e. The zero-order valence-electron chi connectivity index (χ0n) is 17.8. The van der Waals surface area contributed by atoms with Crippen LogP contribution in [0.1, 0.15) is 39.5 Å². The average Bonchev–Trinajstić information content (AvgIpc) is 3.30. The average molecular weight is 479 g/mol. The first-order valence-electron chi connectivity index (χ1n) is 10.1. The quantitative estimate of drug-likeness (QED) is 0.374. The van der Waals surface area contributed by atoms with E-state index in [0.29, 0.717) is 21.2 Å². The molecule has 1 aromatic heterocycles. The first kappa shape index (κ1) is 22.6. The van der Waals surface area contributed by atoms with Gasteiger partial charge >= 0.3 is 0 Å². The van der Waals surface area contributed by atoms with Crippen LogP contribution in [0.3, 0.4) is 0 Å². The van der Waals surface area contributed by atoms with Crippen molar-refractivity contribution in [3.05, 3.63) is 98.7 Å². The van der Waals surface area contributed by atoms with Crippen molar-refractivity contribution in [2.45, 2.75) is 19.9 Å². The number of allylic oxidation sites excluding steroid dienone is 1. The molecular formula is C25H19ClN2O4S. The zero-order valence-corrected chi connectivity index (χ0v) is 19.4. The number of carbonyl (C=O) groups is 3. The molecule has 2 heterocycles. The topological polar surface area (TPSA) is 87.6 Å². The summed E-state index contributed by atoms with van der Waals surface area (Å²) < 4.78 is 0. The van der Waals surface area contributed by atoms with Crippen LogP contribution >= 0.6 is 22.9 Å². The van der Waals surface area contributed by atoms with Crippen molar-refractivity contribution in [1.82, 2.24) is 4.98 Å². The lowest BCUT2D eigenvalue weighted by Crippen LogP contribution is -2.30. The molecule has 1 aliphatic heterocycles. The zero-order chi connectivity index (χ0) is 23.7. The van der Waals surface area contributed by atoms with E-state index in [4.69, 9.17) is 11.6 Å². The molecule has 0 radical (unpaired) electrons. The standard InChI is InChI=1S/C25H19ClN2O4S/c1-14-23(15(2)29)33-25(27-14)28-21(17-9-6-10-18(26)13-17)20(22(31)24(28)32)19(30)12-11-16-7-4-3-5-8-16/h3-13,21,31H,1-2H3. The second-order valence-corrected chi connectivity index (χ2v) is 8.88. The highest BCUT2D eigenvalue weighted by molar-refractivity contribution is 7.17. The largest absolute Gasteiger partial charge is 0.503 e. The molecule has 0 spiro atoms. The number of aliphatic hydroxyl groups is 1. The van der Waals surface area contributed by atoms with Crippen molar-refractivity contribution in [1.29, 1.82) is 0 Å². The van der Waals surface area contributed by atoms with E-state index in [9.17, 15) is 19.5 Å². The number of Topliss-reactive ketones (excluding diaryl/α,β-unsaturated/α-hetero) is 1. The number of hydrogen-bond donors (Lipinski definition) is 1. The molecule has 0 aliphatic carbocycles. The number of amides is 1. The molecule has 33 heavy (non-hydrogen) atoms. The molecule has 1 unspecified atom stereocenters. The van der Waals surface area contributed by atoms with Crippen molar-refractivity contribution in [3.8, 4) is 0 Å². The summed E-state index contributed by atoms with van der Waals surface area (Å²) in [6, 6.07) is 15.0. The summed E-state index contributed by atoms with van der Waals surface area (Å²) in [5.41, 5.74) is 1.73. The summed E-state index contributed by atoms with van der Waals surface area (Å²) in [7, 11) is 0. The Morgan fingerprint density at radius 1 is 1.15 bits per heavy atom. The molecule has 1 amide bonds. The van der Waals surface area contributed by atoms with Crippen molar-refractivity contribution in [2.24, 2.45) is 0 Å². The number of nitrogens with zero attached hydrogens (tertiary/aromatic N) is 2. The fourth-order valence-corrected chi connectivity index (χ4v) is 4.87. The van der Waals surface area contributed by atoms with Gasteiger partial charge in [0.05, 0.1) is 22.2 Å². The van der Waals surface area contributed by atoms with Gasteiger partial charge in [0.1, 0.15) is 0 Å². The van der Waals surface area contributed by atoms with E-state index in [1.807, 2.05) is 30.3 Å². The van der Waals surface area contributed by atoms with E-state index in [0.717, 1.165) is 16.9 Å². The molecular weight excluding hydrogens is 460 g/mol. The summed E-state index contributed by atoms with van der Waals surface area (Å²) in [5, 5.41) is 11.4. The highest BCUT2D eigenvalue weighted by Gasteiger charge is 2.45. The van der Waals surface area contributed by atoms with Crippen molar-refractivity contribution in [3.63, 3.8) is 0 Å². The Balaban J connectivity index is 1.82. The van der Waals surface area contributed by atoms with Crippen LogP contribution in [0.25, 0.3) is 6.08 Å². The first-order chi connectivity index (χ1) is 15.8. The van der Waals surface area contributed by atoms with Gasteiger partial charge in [-0.3, -0.25) is 19.3 Å². The third-order valence-electron chi connectivity index (χ3n) is 5.18. The minimum atomic E-state index is -0.950. The normalized spacial score (nSPS) is 16.2. The van der Waals surface area contributed by atoms with E-state index >= 15 is 0 Å². The fourth-order valence-electron chi connectivity index (χ4n) is 3.68. The molecule has 0 saturated heterocycles. The van der Waals surface area contributed by atoms with Crippen molar-refractivity contribution in [2.75, 3.05) is 4.90 Å². The number of anilines is 1. The van der Waals surface area contributed by atoms with Gasteiger partial charge in [-0.05, 0) is 36.3 Å². The summed E-state index contributed by atoms with van der Waals surface area (Å²) in [5.74, 6) is -2.11. The number of rotatable bonds is 6. The molecule has 1 atom stereocenters. The van der Waals surface area contributed by atoms with Crippen LogP contribution in [0.15, 0.2) is 72.0 Å². The molecule has 0 bridgehead atoms. The van der Waals surface area contributed by atoms with Crippen LogP contribution in [0, 0.1) is 6.92 Å². The SMILES string of the molecule is CC(=O)c1sc(N2C(=O)C(O)=C(C(=O)C=Cc3ccccc3)C2c2cccc(Cl)c2)nc1C. The van der Waals surface area contributed by atoms with Crippen LogP contribution in [0.4, 0.5) is 5.13 Å². The van der Waals surface area contributed by atoms with Crippen LogP contribution in [0.2, 0.25) is 5.02 Å². The van der Waals surface area contributed by atoms with Gasteiger partial charge in [0.25, 0.3) is 5.91 Å². The molecule has 1 aliphatic rings. The maximum absolute atomic E-state index is 13.2. The predicted molar refractivity (Wildman–Crippen MR) is 129 cm³/mol. The van der Waals surface area contributed by atoms with Gasteiger partial charge in [0.15, 0.2) is 22.5 Å². The van der Waals surface area contributed by atoms with E-state index in [1.165, 1.54) is 17.9 Å². The number of carbonyl (C=O) groups excluding carboxylic acids is 3. The lowest BCUT2D eigenvalue weighted by atomic mass is 9.96. The molecule has 8 heteroatoms. The Morgan fingerprint density at radius 3 is 2.52 bits per heavy atom. The number of ketones is 2. The Hall–Kier alpha value is -3.55. The van der Waals surface area contributed by atoms with Gasteiger partial charge in [-0.15, -0.1) is 0 Å². The number of halogens is 1. The number of benzene rings is 2. The summed E-state index contributed by atoms with van der Waals surface area (Å²) in [6.07, 6.45) is 2.94. The maximum atomic E-state index is 13.2. The van der Waals surface area contributed by atoms with Gasteiger partial charge in [0, 0.05) is 11.9 Å². The Morgan fingerprint density at radius 2 is 1.88 bits per heavy atom. The van der Waals surface area contributed by atoms with Crippen LogP contribution in [0.5, 0.6) is 0 Å². The maximum Gasteiger partial charge on any atom is 0.296 e. The highest BCUT2D eigenvalue weighted by Crippen LogP contribution is 2.43. The lowest BCUT2D eigenvalue weighted by molar-refractivity contribution is -0.117. The molecule has 6 nitrogen and oxygen atoms in total. The number of thiazole rings is 1. The minimum absolute atomic E-state index is 0.0772. The third-order valence-corrected chi connectivity index (χ3v) is 6.67. The molecule has 4 rings (SSSR count). The number of hydrogen-bond acceptors (Lipinski definition) is 6. The Bertz CT molecular complexity index is 1330. The van der Waals surface area contributed by atoms with Crippen LogP contribution in [-0.2, 0) is 9.59 Å². The third kappa shape index (κ3) is 4.37. The second-order valence-electron chi connectivity index (χ2n) is 7.47. The Kier molecular flexibility index (Phi) is 6.26. The van der Waals surface area contributed by atoms with Crippen molar-refractivity contribution >= 4 is 51.6 Å². The van der Waals surface area contributed by atoms with Gasteiger partial charge in [-0.2, -0.15) is 0 Å². The lowest BCUT2D eigenvalue weighted by Gasteiger charge is -2.24. The van der Waals surface area contributed by atoms with Crippen LogP contribution in [-0.4, -0.2) is 27.6 Å². The number of aryl methyl sites for hydroxylation is 1. The smallest absolute Gasteiger partial charge is 0.296 e. The van der Waals surface area contributed by atoms with Crippen molar-refractivity contribution < 1.29 is 19.5 Å². The molecule has 166 valence electrons. The number of aromatic nitrogens is 1. The molecule has 1 N–H and O–H groups in total. The van der Waals surface area contributed by atoms with E-state index in [1.54, 1.807) is 37.3 Å². The molecule has 3 aromatic rings. The molecule has 2 aromatic carbocycles. The van der Waals surface area contributed by atoms with E-state index in [-0.39, 0.29) is 16.5 Å². The highest BCUT2D eigenvalue weighted by atomic mass is 35.5. The fraction of sp³-hybridized carbons (Fsp3) is 0.120. The Labute approximate surface area is 199 Å². The first-order valence-corrected chi connectivity index (χ1v) is 11.3. The van der Waals surface area contributed by atoms with Gasteiger partial charge < -0.3 is 5.11 Å². The predicted octanol–water partition coefficient (Wildman–Crippen LogP) is 5.49. The summed E-state index contributed by atoms with van der Waals surface area (Å²) >= 11 is 7.23.